The second-order valence-corrected chi connectivity index (χ2v) is 7.38. The molecule has 2 aromatic carbocycles. The average molecular weight is 351 g/mol. The van der Waals surface area contributed by atoms with E-state index in [1.54, 1.807) is 0 Å². The van der Waals surface area contributed by atoms with Crippen LogP contribution in [0.15, 0.2) is 48.5 Å². The lowest BCUT2D eigenvalue weighted by Crippen LogP contribution is -2.31. The molecule has 4 heteroatoms. The predicted molar refractivity (Wildman–Crippen MR) is 110 cm³/mol. The molecule has 0 radical (unpaired) electrons. The van der Waals surface area contributed by atoms with Gasteiger partial charge in [-0.25, -0.2) is 0 Å². The van der Waals surface area contributed by atoms with Crippen LogP contribution in [0.4, 0.5) is 17.1 Å². The molecule has 1 N–H and O–H groups in total. The van der Waals surface area contributed by atoms with Crippen molar-refractivity contribution in [3.63, 3.8) is 0 Å². The molecule has 0 atom stereocenters. The van der Waals surface area contributed by atoms with E-state index in [2.05, 4.69) is 57.2 Å². The van der Waals surface area contributed by atoms with Crippen LogP contribution in [-0.2, 0) is 0 Å². The van der Waals surface area contributed by atoms with Gasteiger partial charge in [0, 0.05) is 50.6 Å². The smallest absolute Gasteiger partial charge is 0.139 e. The highest BCUT2D eigenvalue weighted by molar-refractivity contribution is 5.67. The summed E-state index contributed by atoms with van der Waals surface area (Å²) in [7, 11) is 0. The van der Waals surface area contributed by atoms with Crippen LogP contribution in [0.2, 0.25) is 0 Å². The fourth-order valence-corrected chi connectivity index (χ4v) is 4.17. The zero-order valence-electron chi connectivity index (χ0n) is 15.5. The SMILES string of the molecule is Oc1ccc(N2CCCCC2)cc1N1CCCN(c2ccccc2)CC1. The van der Waals surface area contributed by atoms with Crippen molar-refractivity contribution in [1.29, 1.82) is 0 Å². The molecule has 0 bridgehead atoms. The summed E-state index contributed by atoms with van der Waals surface area (Å²) in [6, 6.07) is 16.8. The Morgan fingerprint density at radius 3 is 2.04 bits per heavy atom. The first kappa shape index (κ1) is 17.1. The summed E-state index contributed by atoms with van der Waals surface area (Å²) in [4.78, 5) is 7.26. The zero-order valence-corrected chi connectivity index (χ0v) is 15.5. The highest BCUT2D eigenvalue weighted by Gasteiger charge is 2.19. The molecule has 138 valence electrons. The Balaban J connectivity index is 1.50. The van der Waals surface area contributed by atoms with Crippen molar-refractivity contribution in [1.82, 2.24) is 0 Å². The standard InChI is InChI=1S/C22H29N3O/c26-22-11-10-20(23-12-5-2-6-13-23)18-21(22)25-15-7-14-24(16-17-25)19-8-3-1-4-9-19/h1,3-4,8-11,18,26H,2,5-7,12-17H2. The molecule has 0 unspecified atom stereocenters. The third kappa shape index (κ3) is 3.74. The summed E-state index contributed by atoms with van der Waals surface area (Å²) >= 11 is 0. The average Bonchev–Trinajstić information content (AvgIpc) is 2.96. The van der Waals surface area contributed by atoms with Crippen LogP contribution in [0.25, 0.3) is 0 Å². The Hall–Kier alpha value is -2.36. The topological polar surface area (TPSA) is 30.0 Å². The van der Waals surface area contributed by atoms with Crippen molar-refractivity contribution in [2.45, 2.75) is 25.7 Å². The number of anilines is 3. The molecule has 4 rings (SSSR count). The molecule has 4 nitrogen and oxygen atoms in total. The number of benzene rings is 2. The van der Waals surface area contributed by atoms with E-state index in [1.165, 1.54) is 30.6 Å². The molecule has 2 aliphatic heterocycles. The molecule has 2 aliphatic rings. The number of hydrogen-bond donors (Lipinski definition) is 1. The van der Waals surface area contributed by atoms with Gasteiger partial charge in [-0.2, -0.15) is 0 Å². The van der Waals surface area contributed by atoms with Gasteiger partial charge in [0.15, 0.2) is 0 Å². The van der Waals surface area contributed by atoms with Crippen LogP contribution < -0.4 is 14.7 Å². The van der Waals surface area contributed by atoms with Gasteiger partial charge >= 0.3 is 0 Å². The Morgan fingerprint density at radius 1 is 0.577 bits per heavy atom. The van der Waals surface area contributed by atoms with E-state index in [0.717, 1.165) is 51.4 Å². The maximum Gasteiger partial charge on any atom is 0.139 e. The number of para-hydroxylation sites is 1. The Labute approximate surface area is 156 Å². The zero-order chi connectivity index (χ0) is 17.8. The Kier molecular flexibility index (Phi) is 5.19. The lowest BCUT2D eigenvalue weighted by molar-refractivity contribution is 0.474. The van der Waals surface area contributed by atoms with E-state index >= 15 is 0 Å². The van der Waals surface area contributed by atoms with E-state index in [-0.39, 0.29) is 0 Å². The van der Waals surface area contributed by atoms with Crippen molar-refractivity contribution >= 4 is 17.1 Å². The largest absolute Gasteiger partial charge is 0.506 e. The first-order chi connectivity index (χ1) is 12.8. The van der Waals surface area contributed by atoms with Gasteiger partial charge in [-0.15, -0.1) is 0 Å². The highest BCUT2D eigenvalue weighted by atomic mass is 16.3. The monoisotopic (exact) mass is 351 g/mol. The van der Waals surface area contributed by atoms with Crippen molar-refractivity contribution < 1.29 is 5.11 Å². The molecule has 0 aromatic heterocycles. The van der Waals surface area contributed by atoms with Crippen LogP contribution in [0, 0.1) is 0 Å². The minimum Gasteiger partial charge on any atom is -0.506 e. The van der Waals surface area contributed by atoms with Gasteiger partial charge in [-0.1, -0.05) is 18.2 Å². The summed E-state index contributed by atoms with van der Waals surface area (Å²) < 4.78 is 0. The minimum atomic E-state index is 0.402. The molecule has 0 saturated carbocycles. The fraction of sp³-hybridized carbons (Fsp3) is 0.455. The Morgan fingerprint density at radius 2 is 1.23 bits per heavy atom. The number of aromatic hydroxyl groups is 1. The molecule has 0 aliphatic carbocycles. The van der Waals surface area contributed by atoms with Crippen molar-refractivity contribution in [2.75, 3.05) is 54.0 Å². The number of phenols is 1. The highest BCUT2D eigenvalue weighted by Crippen LogP contribution is 2.33. The number of phenolic OH excluding ortho intramolecular Hbond substituents is 1. The summed E-state index contributed by atoms with van der Waals surface area (Å²) in [5, 5.41) is 10.5. The number of hydrogen-bond acceptors (Lipinski definition) is 4. The minimum absolute atomic E-state index is 0.402. The Bertz CT molecular complexity index is 713. The van der Waals surface area contributed by atoms with Gasteiger partial charge in [-0.3, -0.25) is 0 Å². The first-order valence-corrected chi connectivity index (χ1v) is 9.94. The van der Waals surface area contributed by atoms with Crippen LogP contribution >= 0.6 is 0 Å². The number of nitrogens with zero attached hydrogens (tertiary/aromatic N) is 3. The second-order valence-electron chi connectivity index (χ2n) is 7.38. The van der Waals surface area contributed by atoms with Crippen molar-refractivity contribution in [3.8, 4) is 5.75 Å². The number of piperidine rings is 1. The van der Waals surface area contributed by atoms with E-state index in [1.807, 2.05) is 6.07 Å². The lowest BCUT2D eigenvalue weighted by atomic mass is 10.1. The van der Waals surface area contributed by atoms with E-state index in [0.29, 0.717) is 5.75 Å². The molecule has 2 heterocycles. The summed E-state index contributed by atoms with van der Waals surface area (Å²) in [5.74, 6) is 0.402. The van der Waals surface area contributed by atoms with Gasteiger partial charge in [-0.05, 0) is 56.0 Å². The van der Waals surface area contributed by atoms with Gasteiger partial charge in [0.05, 0.1) is 5.69 Å². The molecule has 26 heavy (non-hydrogen) atoms. The third-order valence-electron chi connectivity index (χ3n) is 5.64. The molecule has 2 fully saturated rings. The van der Waals surface area contributed by atoms with Gasteiger partial charge in [0.25, 0.3) is 0 Å². The van der Waals surface area contributed by atoms with E-state index in [4.69, 9.17) is 0 Å². The van der Waals surface area contributed by atoms with Gasteiger partial charge in [0.2, 0.25) is 0 Å². The maximum absolute atomic E-state index is 10.5. The summed E-state index contributed by atoms with van der Waals surface area (Å²) in [5.41, 5.74) is 3.53. The predicted octanol–water partition coefficient (Wildman–Crippen LogP) is 4.10. The van der Waals surface area contributed by atoms with Crippen molar-refractivity contribution in [2.24, 2.45) is 0 Å². The maximum atomic E-state index is 10.5. The summed E-state index contributed by atoms with van der Waals surface area (Å²) in [6.45, 7) is 6.23. The summed E-state index contributed by atoms with van der Waals surface area (Å²) in [6.07, 6.45) is 4.98. The van der Waals surface area contributed by atoms with Crippen LogP contribution in [0.5, 0.6) is 5.75 Å². The van der Waals surface area contributed by atoms with Crippen LogP contribution in [0.1, 0.15) is 25.7 Å². The quantitative estimate of drug-likeness (QED) is 0.902. The normalized spacial score (nSPS) is 18.7. The molecular weight excluding hydrogens is 322 g/mol. The lowest BCUT2D eigenvalue weighted by Gasteiger charge is -2.31. The number of rotatable bonds is 3. The van der Waals surface area contributed by atoms with Crippen LogP contribution in [-0.4, -0.2) is 44.4 Å². The molecule has 0 spiro atoms. The van der Waals surface area contributed by atoms with Crippen LogP contribution in [0.3, 0.4) is 0 Å². The fourth-order valence-electron chi connectivity index (χ4n) is 4.17. The molecular formula is C22H29N3O. The second kappa shape index (κ2) is 7.90. The van der Waals surface area contributed by atoms with E-state index < -0.39 is 0 Å². The van der Waals surface area contributed by atoms with Gasteiger partial charge in [0.1, 0.15) is 5.75 Å². The molecule has 2 saturated heterocycles. The first-order valence-electron chi connectivity index (χ1n) is 9.94. The van der Waals surface area contributed by atoms with Crippen molar-refractivity contribution in [3.05, 3.63) is 48.5 Å². The van der Waals surface area contributed by atoms with Gasteiger partial charge < -0.3 is 19.8 Å². The third-order valence-corrected chi connectivity index (χ3v) is 5.64. The molecule has 2 aromatic rings. The van der Waals surface area contributed by atoms with E-state index in [9.17, 15) is 5.11 Å². The molecule has 0 amide bonds.